The summed E-state index contributed by atoms with van der Waals surface area (Å²) >= 11 is 0. The standard InChI is InChI=1S/C10H12F2/c1-3-8-6-4-5-7(2)9(8)10(11)12/h4-6,10H,3H2,1-2H3. The van der Waals surface area contributed by atoms with Crippen LogP contribution in [0.5, 0.6) is 0 Å². The minimum absolute atomic E-state index is 0.208. The van der Waals surface area contributed by atoms with Gasteiger partial charge in [-0.2, -0.15) is 0 Å². The van der Waals surface area contributed by atoms with Gasteiger partial charge in [0.05, 0.1) is 0 Å². The average Bonchev–Trinajstić information content (AvgIpc) is 2.03. The largest absolute Gasteiger partial charge is 0.264 e. The van der Waals surface area contributed by atoms with Crippen molar-refractivity contribution >= 4 is 0 Å². The number of hydrogen-bond donors (Lipinski definition) is 0. The maximum absolute atomic E-state index is 12.5. The molecular weight excluding hydrogens is 158 g/mol. The van der Waals surface area contributed by atoms with Crippen LogP contribution in [0.2, 0.25) is 0 Å². The van der Waals surface area contributed by atoms with E-state index in [1.54, 1.807) is 19.1 Å². The normalized spacial score (nSPS) is 10.8. The Kier molecular flexibility index (Phi) is 2.79. The van der Waals surface area contributed by atoms with Crippen LogP contribution in [-0.2, 0) is 6.42 Å². The van der Waals surface area contributed by atoms with Crippen LogP contribution in [-0.4, -0.2) is 0 Å². The molecule has 1 aromatic carbocycles. The SMILES string of the molecule is CCc1cccc(C)c1C(F)F. The van der Waals surface area contributed by atoms with E-state index >= 15 is 0 Å². The van der Waals surface area contributed by atoms with Gasteiger partial charge in [0.15, 0.2) is 0 Å². The summed E-state index contributed by atoms with van der Waals surface area (Å²) < 4.78 is 25.0. The molecule has 0 spiro atoms. The number of benzene rings is 1. The molecule has 0 N–H and O–H groups in total. The molecule has 0 radical (unpaired) electrons. The van der Waals surface area contributed by atoms with Gasteiger partial charge in [-0.25, -0.2) is 8.78 Å². The van der Waals surface area contributed by atoms with E-state index in [4.69, 9.17) is 0 Å². The van der Waals surface area contributed by atoms with E-state index in [2.05, 4.69) is 0 Å². The van der Waals surface area contributed by atoms with Gasteiger partial charge in [0, 0.05) is 5.56 Å². The predicted molar refractivity (Wildman–Crippen MR) is 45.5 cm³/mol. The Morgan fingerprint density at radius 2 is 2.00 bits per heavy atom. The van der Waals surface area contributed by atoms with Crippen molar-refractivity contribution in [1.29, 1.82) is 0 Å². The van der Waals surface area contributed by atoms with Crippen LogP contribution in [0.3, 0.4) is 0 Å². The molecule has 1 rings (SSSR count). The summed E-state index contributed by atoms with van der Waals surface area (Å²) in [5.41, 5.74) is 1.65. The summed E-state index contributed by atoms with van der Waals surface area (Å²) in [5, 5.41) is 0. The van der Waals surface area contributed by atoms with Crippen LogP contribution in [0.1, 0.15) is 30.0 Å². The molecule has 0 aromatic heterocycles. The molecule has 0 unspecified atom stereocenters. The lowest BCUT2D eigenvalue weighted by molar-refractivity contribution is 0.149. The molecule has 1 aromatic rings. The van der Waals surface area contributed by atoms with E-state index < -0.39 is 6.43 Å². The monoisotopic (exact) mass is 170 g/mol. The smallest absolute Gasteiger partial charge is 0.205 e. The van der Waals surface area contributed by atoms with Gasteiger partial charge in [-0.3, -0.25) is 0 Å². The summed E-state index contributed by atoms with van der Waals surface area (Å²) in [7, 11) is 0. The van der Waals surface area contributed by atoms with Crippen LogP contribution >= 0.6 is 0 Å². The Balaban J connectivity index is 3.20. The molecule has 0 aliphatic rings. The lowest BCUT2D eigenvalue weighted by atomic mass is 10.0. The molecule has 12 heavy (non-hydrogen) atoms. The van der Waals surface area contributed by atoms with Crippen molar-refractivity contribution in [3.05, 3.63) is 34.9 Å². The maximum atomic E-state index is 12.5. The molecule has 0 atom stereocenters. The van der Waals surface area contributed by atoms with Crippen molar-refractivity contribution in [2.45, 2.75) is 26.7 Å². The van der Waals surface area contributed by atoms with E-state index in [1.807, 2.05) is 13.0 Å². The molecule has 0 fully saturated rings. The summed E-state index contributed by atoms with van der Waals surface area (Å²) in [6.45, 7) is 3.61. The Morgan fingerprint density at radius 3 is 2.42 bits per heavy atom. The first-order chi connectivity index (χ1) is 5.66. The Bertz CT molecular complexity index is 267. The van der Waals surface area contributed by atoms with Crippen molar-refractivity contribution in [2.75, 3.05) is 0 Å². The van der Waals surface area contributed by atoms with Crippen LogP contribution in [0.25, 0.3) is 0 Å². The van der Waals surface area contributed by atoms with Crippen LogP contribution in [0, 0.1) is 6.92 Å². The van der Waals surface area contributed by atoms with Crippen molar-refractivity contribution < 1.29 is 8.78 Å². The minimum Gasteiger partial charge on any atom is -0.205 e. The molecule has 0 aliphatic carbocycles. The fourth-order valence-corrected chi connectivity index (χ4v) is 1.36. The van der Waals surface area contributed by atoms with E-state index in [9.17, 15) is 8.78 Å². The van der Waals surface area contributed by atoms with Gasteiger partial charge < -0.3 is 0 Å². The van der Waals surface area contributed by atoms with Gasteiger partial charge in [-0.15, -0.1) is 0 Å². The van der Waals surface area contributed by atoms with Crippen LogP contribution in [0.15, 0.2) is 18.2 Å². The highest BCUT2D eigenvalue weighted by Gasteiger charge is 2.13. The van der Waals surface area contributed by atoms with Crippen LogP contribution in [0.4, 0.5) is 8.78 Å². The maximum Gasteiger partial charge on any atom is 0.264 e. The second kappa shape index (κ2) is 3.65. The third-order valence-corrected chi connectivity index (χ3v) is 2.01. The molecule has 0 aliphatic heterocycles. The van der Waals surface area contributed by atoms with Gasteiger partial charge in [0.1, 0.15) is 0 Å². The molecule has 0 nitrogen and oxygen atoms in total. The Labute approximate surface area is 71.2 Å². The van der Waals surface area contributed by atoms with Crippen molar-refractivity contribution in [3.63, 3.8) is 0 Å². The van der Waals surface area contributed by atoms with E-state index in [-0.39, 0.29) is 5.56 Å². The van der Waals surface area contributed by atoms with E-state index in [0.29, 0.717) is 12.0 Å². The van der Waals surface area contributed by atoms with Gasteiger partial charge in [0.25, 0.3) is 6.43 Å². The highest BCUT2D eigenvalue weighted by molar-refractivity contribution is 5.35. The van der Waals surface area contributed by atoms with E-state index in [1.165, 1.54) is 0 Å². The highest BCUT2D eigenvalue weighted by Crippen LogP contribution is 2.26. The Morgan fingerprint density at radius 1 is 1.33 bits per heavy atom. The zero-order chi connectivity index (χ0) is 9.14. The summed E-state index contributed by atoms with van der Waals surface area (Å²) in [6, 6.07) is 5.30. The van der Waals surface area contributed by atoms with Crippen molar-refractivity contribution in [2.24, 2.45) is 0 Å². The highest BCUT2D eigenvalue weighted by atomic mass is 19.3. The zero-order valence-corrected chi connectivity index (χ0v) is 7.27. The Hall–Kier alpha value is -0.920. The molecule has 0 saturated heterocycles. The average molecular weight is 170 g/mol. The van der Waals surface area contributed by atoms with Gasteiger partial charge in [-0.05, 0) is 24.5 Å². The molecule has 66 valence electrons. The number of rotatable bonds is 2. The third-order valence-electron chi connectivity index (χ3n) is 2.01. The number of hydrogen-bond acceptors (Lipinski definition) is 0. The lowest BCUT2D eigenvalue weighted by Gasteiger charge is -2.09. The van der Waals surface area contributed by atoms with Crippen molar-refractivity contribution in [1.82, 2.24) is 0 Å². The molecule has 0 amide bonds. The summed E-state index contributed by atoms with van der Waals surface area (Å²) in [5.74, 6) is 0. The third kappa shape index (κ3) is 1.63. The van der Waals surface area contributed by atoms with Gasteiger partial charge in [-0.1, -0.05) is 25.1 Å². The first-order valence-electron chi connectivity index (χ1n) is 4.03. The second-order valence-corrected chi connectivity index (χ2v) is 2.80. The zero-order valence-electron chi connectivity index (χ0n) is 7.27. The van der Waals surface area contributed by atoms with Crippen molar-refractivity contribution in [3.8, 4) is 0 Å². The fourth-order valence-electron chi connectivity index (χ4n) is 1.36. The molecule has 0 heterocycles. The lowest BCUT2D eigenvalue weighted by Crippen LogP contribution is -1.96. The molecule has 2 heteroatoms. The predicted octanol–water partition coefficient (Wildman–Crippen LogP) is 3.50. The van der Waals surface area contributed by atoms with E-state index in [0.717, 1.165) is 5.56 Å². The topological polar surface area (TPSA) is 0 Å². The first kappa shape index (κ1) is 9.17. The second-order valence-electron chi connectivity index (χ2n) is 2.80. The van der Waals surface area contributed by atoms with Gasteiger partial charge >= 0.3 is 0 Å². The summed E-state index contributed by atoms with van der Waals surface area (Å²) in [4.78, 5) is 0. The van der Waals surface area contributed by atoms with Gasteiger partial charge in [0.2, 0.25) is 0 Å². The number of halogens is 2. The number of alkyl halides is 2. The first-order valence-corrected chi connectivity index (χ1v) is 4.03. The fraction of sp³-hybridized carbons (Fsp3) is 0.400. The molecular formula is C10H12F2. The summed E-state index contributed by atoms with van der Waals surface area (Å²) in [6.07, 6.45) is -1.68. The minimum atomic E-state index is -2.35. The quantitative estimate of drug-likeness (QED) is 0.637. The van der Waals surface area contributed by atoms with Crippen LogP contribution < -0.4 is 0 Å². The molecule has 0 saturated carbocycles. The number of aryl methyl sites for hydroxylation is 2. The molecule has 0 bridgehead atoms.